The summed E-state index contributed by atoms with van der Waals surface area (Å²) >= 11 is 0. The quantitative estimate of drug-likeness (QED) is 0.792. The molecular formula is C14H25NO4. The standard InChI is InChI=1S/C14H25NO4/c1-13(2,3)19-12(17)7-6-11(16)15-14(4)8-5-9-18-10-14/h5-10H2,1-4H3,(H,15,16). The summed E-state index contributed by atoms with van der Waals surface area (Å²) in [4.78, 5) is 23.3. The van der Waals surface area contributed by atoms with E-state index < -0.39 is 5.60 Å². The second-order valence-corrected chi connectivity index (χ2v) is 6.35. The molecule has 0 spiro atoms. The number of amides is 1. The van der Waals surface area contributed by atoms with Crippen molar-refractivity contribution in [1.29, 1.82) is 0 Å². The molecule has 1 N–H and O–H groups in total. The number of hydrogen-bond donors (Lipinski definition) is 1. The molecule has 1 saturated heterocycles. The van der Waals surface area contributed by atoms with Gasteiger partial charge in [0.15, 0.2) is 0 Å². The minimum absolute atomic E-state index is 0.111. The molecule has 1 amide bonds. The number of nitrogens with one attached hydrogen (secondary N) is 1. The first-order valence-corrected chi connectivity index (χ1v) is 6.81. The van der Waals surface area contributed by atoms with Gasteiger partial charge < -0.3 is 14.8 Å². The Bertz CT molecular complexity index is 327. The fraction of sp³-hybridized carbons (Fsp3) is 0.857. The van der Waals surface area contributed by atoms with Gasteiger partial charge in [0.1, 0.15) is 5.60 Å². The maximum Gasteiger partial charge on any atom is 0.306 e. The second kappa shape index (κ2) is 6.37. The largest absolute Gasteiger partial charge is 0.460 e. The Balaban J connectivity index is 2.29. The fourth-order valence-corrected chi connectivity index (χ4v) is 2.04. The van der Waals surface area contributed by atoms with E-state index in [-0.39, 0.29) is 30.3 Å². The average Bonchev–Trinajstić information content (AvgIpc) is 2.24. The molecule has 1 heterocycles. The van der Waals surface area contributed by atoms with Crippen LogP contribution in [0.1, 0.15) is 53.4 Å². The van der Waals surface area contributed by atoms with Crippen molar-refractivity contribution in [1.82, 2.24) is 5.32 Å². The number of carbonyl (C=O) groups is 2. The summed E-state index contributed by atoms with van der Waals surface area (Å²) in [6.07, 6.45) is 2.12. The highest BCUT2D eigenvalue weighted by molar-refractivity contribution is 5.81. The molecule has 1 atom stereocenters. The van der Waals surface area contributed by atoms with Gasteiger partial charge in [0.2, 0.25) is 5.91 Å². The van der Waals surface area contributed by atoms with Crippen LogP contribution in [0.2, 0.25) is 0 Å². The summed E-state index contributed by atoms with van der Waals surface area (Å²) in [6, 6.07) is 0. The summed E-state index contributed by atoms with van der Waals surface area (Å²) in [5.74, 6) is -0.466. The molecule has 1 aliphatic rings. The van der Waals surface area contributed by atoms with Gasteiger partial charge in [-0.15, -0.1) is 0 Å². The molecule has 0 saturated carbocycles. The van der Waals surface area contributed by atoms with Crippen LogP contribution < -0.4 is 5.32 Å². The van der Waals surface area contributed by atoms with Crippen molar-refractivity contribution in [2.45, 2.75) is 64.5 Å². The van der Waals surface area contributed by atoms with Crippen molar-refractivity contribution in [3.8, 4) is 0 Å². The van der Waals surface area contributed by atoms with Gasteiger partial charge in [0.25, 0.3) is 0 Å². The van der Waals surface area contributed by atoms with E-state index in [9.17, 15) is 9.59 Å². The first-order chi connectivity index (χ1) is 8.70. The maximum atomic E-state index is 11.8. The van der Waals surface area contributed by atoms with Gasteiger partial charge in [-0.3, -0.25) is 9.59 Å². The van der Waals surface area contributed by atoms with Crippen LogP contribution >= 0.6 is 0 Å². The minimum Gasteiger partial charge on any atom is -0.460 e. The molecule has 110 valence electrons. The predicted octanol–water partition coefficient (Wildman–Crippen LogP) is 1.79. The normalized spacial score (nSPS) is 23.8. The van der Waals surface area contributed by atoms with Gasteiger partial charge in [0, 0.05) is 13.0 Å². The van der Waals surface area contributed by atoms with Crippen molar-refractivity contribution < 1.29 is 19.1 Å². The Morgan fingerprint density at radius 3 is 2.53 bits per heavy atom. The van der Waals surface area contributed by atoms with E-state index in [2.05, 4.69) is 5.32 Å². The third-order valence-electron chi connectivity index (χ3n) is 2.86. The molecule has 5 nitrogen and oxygen atoms in total. The third kappa shape index (κ3) is 6.57. The van der Waals surface area contributed by atoms with E-state index in [1.54, 1.807) is 0 Å². The van der Waals surface area contributed by atoms with Crippen molar-refractivity contribution in [3.63, 3.8) is 0 Å². The summed E-state index contributed by atoms with van der Waals surface area (Å²) in [5.41, 5.74) is -0.806. The summed E-state index contributed by atoms with van der Waals surface area (Å²) in [7, 11) is 0. The summed E-state index contributed by atoms with van der Waals surface area (Å²) < 4.78 is 10.5. The zero-order chi connectivity index (χ0) is 14.5. The number of esters is 1. The molecule has 1 unspecified atom stereocenters. The zero-order valence-corrected chi connectivity index (χ0v) is 12.4. The minimum atomic E-state index is -0.503. The molecule has 1 fully saturated rings. The van der Waals surface area contributed by atoms with Crippen LogP contribution in [-0.4, -0.2) is 36.2 Å². The monoisotopic (exact) mass is 271 g/mol. The van der Waals surface area contributed by atoms with Crippen LogP contribution in [-0.2, 0) is 19.1 Å². The second-order valence-electron chi connectivity index (χ2n) is 6.35. The first-order valence-electron chi connectivity index (χ1n) is 6.81. The molecule has 1 rings (SSSR count). The van der Waals surface area contributed by atoms with Crippen LogP contribution in [0.5, 0.6) is 0 Å². The predicted molar refractivity (Wildman–Crippen MR) is 71.7 cm³/mol. The Hall–Kier alpha value is -1.10. The lowest BCUT2D eigenvalue weighted by Gasteiger charge is -2.34. The highest BCUT2D eigenvalue weighted by Crippen LogP contribution is 2.18. The van der Waals surface area contributed by atoms with Crippen LogP contribution in [0, 0.1) is 0 Å². The van der Waals surface area contributed by atoms with E-state index in [1.165, 1.54) is 0 Å². The molecule has 1 aliphatic heterocycles. The molecule has 0 aromatic heterocycles. The van der Waals surface area contributed by atoms with Gasteiger partial charge in [0.05, 0.1) is 18.6 Å². The smallest absolute Gasteiger partial charge is 0.306 e. The van der Waals surface area contributed by atoms with Crippen LogP contribution in [0.25, 0.3) is 0 Å². The Morgan fingerprint density at radius 1 is 1.32 bits per heavy atom. The van der Waals surface area contributed by atoms with Crippen molar-refractivity contribution >= 4 is 11.9 Å². The van der Waals surface area contributed by atoms with Crippen molar-refractivity contribution in [3.05, 3.63) is 0 Å². The summed E-state index contributed by atoms with van der Waals surface area (Å²) in [6.45, 7) is 8.69. The van der Waals surface area contributed by atoms with Crippen molar-refractivity contribution in [2.75, 3.05) is 13.2 Å². The molecule has 19 heavy (non-hydrogen) atoms. The van der Waals surface area contributed by atoms with E-state index in [1.807, 2.05) is 27.7 Å². The fourth-order valence-electron chi connectivity index (χ4n) is 2.04. The SMILES string of the molecule is CC1(NC(=O)CCC(=O)OC(C)(C)C)CCCOC1. The number of ether oxygens (including phenoxy) is 2. The third-order valence-corrected chi connectivity index (χ3v) is 2.86. The van der Waals surface area contributed by atoms with Gasteiger partial charge in [-0.05, 0) is 40.5 Å². The van der Waals surface area contributed by atoms with Crippen molar-refractivity contribution in [2.24, 2.45) is 0 Å². The number of carbonyl (C=O) groups excluding carboxylic acids is 2. The van der Waals surface area contributed by atoms with E-state index >= 15 is 0 Å². The molecule has 0 aromatic carbocycles. The maximum absolute atomic E-state index is 11.8. The molecule has 5 heteroatoms. The van der Waals surface area contributed by atoms with Gasteiger partial charge >= 0.3 is 5.97 Å². The lowest BCUT2D eigenvalue weighted by atomic mass is 9.94. The van der Waals surface area contributed by atoms with Crippen LogP contribution in [0.3, 0.4) is 0 Å². The van der Waals surface area contributed by atoms with Crippen LogP contribution in [0.15, 0.2) is 0 Å². The lowest BCUT2D eigenvalue weighted by Crippen LogP contribution is -2.51. The van der Waals surface area contributed by atoms with E-state index in [0.29, 0.717) is 6.61 Å². The first kappa shape index (κ1) is 16.0. The molecule has 0 aromatic rings. The van der Waals surface area contributed by atoms with Crippen LogP contribution in [0.4, 0.5) is 0 Å². The topological polar surface area (TPSA) is 64.6 Å². The highest BCUT2D eigenvalue weighted by atomic mass is 16.6. The Kier molecular flexibility index (Phi) is 5.35. The molecule has 0 aliphatic carbocycles. The summed E-state index contributed by atoms with van der Waals surface area (Å²) in [5, 5.41) is 2.94. The zero-order valence-electron chi connectivity index (χ0n) is 12.4. The van der Waals surface area contributed by atoms with E-state index in [4.69, 9.17) is 9.47 Å². The van der Waals surface area contributed by atoms with Gasteiger partial charge in [-0.2, -0.15) is 0 Å². The van der Waals surface area contributed by atoms with E-state index in [0.717, 1.165) is 19.4 Å². The highest BCUT2D eigenvalue weighted by Gasteiger charge is 2.29. The lowest BCUT2D eigenvalue weighted by molar-refractivity contribution is -0.155. The Morgan fingerprint density at radius 2 is 2.00 bits per heavy atom. The number of hydrogen-bond acceptors (Lipinski definition) is 4. The molecule has 0 bridgehead atoms. The molecule has 0 radical (unpaired) electrons. The Labute approximate surface area is 115 Å². The number of rotatable bonds is 4. The van der Waals surface area contributed by atoms with Gasteiger partial charge in [-0.1, -0.05) is 0 Å². The van der Waals surface area contributed by atoms with Gasteiger partial charge in [-0.25, -0.2) is 0 Å². The molecular weight excluding hydrogens is 246 g/mol. The average molecular weight is 271 g/mol.